The fraction of sp³-hybridized carbons (Fsp3) is 0.0952. The smallest absolute Gasteiger partial charge is 0.165 e. The predicted molar refractivity (Wildman–Crippen MR) is 100 cm³/mol. The first-order chi connectivity index (χ1) is 13.2. The number of ether oxygens (including phenoxy) is 1. The molecule has 134 valence electrons. The first-order valence-corrected chi connectivity index (χ1v) is 8.49. The molecule has 5 nitrogen and oxygen atoms in total. The zero-order valence-corrected chi connectivity index (χ0v) is 14.7. The topological polar surface area (TPSA) is 52.8 Å². The van der Waals surface area contributed by atoms with Crippen LogP contribution in [0, 0.1) is 5.82 Å². The summed E-state index contributed by atoms with van der Waals surface area (Å²) in [6.07, 6.45) is 3.54. The van der Waals surface area contributed by atoms with Crippen LogP contribution in [0.15, 0.2) is 73.1 Å². The van der Waals surface area contributed by atoms with Crippen LogP contribution in [0.2, 0.25) is 0 Å². The quantitative estimate of drug-likeness (QED) is 0.534. The molecule has 0 amide bonds. The molecule has 0 fully saturated rings. The molecular formula is C21H17FN4O. The lowest BCUT2D eigenvalue weighted by Gasteiger charge is -2.09. The molecule has 0 atom stereocenters. The fourth-order valence-electron chi connectivity index (χ4n) is 2.73. The van der Waals surface area contributed by atoms with Gasteiger partial charge in [-0.05, 0) is 35.9 Å². The zero-order valence-electron chi connectivity index (χ0n) is 14.7. The van der Waals surface area contributed by atoms with Gasteiger partial charge >= 0.3 is 0 Å². The number of aryl methyl sites for hydroxylation is 1. The molecule has 0 saturated heterocycles. The minimum absolute atomic E-state index is 0.209. The summed E-state index contributed by atoms with van der Waals surface area (Å²) < 4.78 is 21.8. The third-order valence-corrected chi connectivity index (χ3v) is 4.18. The van der Waals surface area contributed by atoms with E-state index in [0.29, 0.717) is 23.6 Å². The van der Waals surface area contributed by atoms with Crippen molar-refractivity contribution in [2.24, 2.45) is 7.05 Å². The molecule has 6 heteroatoms. The number of aromatic nitrogens is 4. The molecule has 0 aliphatic carbocycles. The summed E-state index contributed by atoms with van der Waals surface area (Å²) in [5.74, 6) is 0.503. The van der Waals surface area contributed by atoms with Crippen LogP contribution in [0.25, 0.3) is 22.8 Å². The Morgan fingerprint density at radius 3 is 2.41 bits per heavy atom. The maximum atomic E-state index is 14.4. The van der Waals surface area contributed by atoms with E-state index < -0.39 is 5.82 Å². The van der Waals surface area contributed by atoms with E-state index in [0.717, 1.165) is 11.4 Å². The Morgan fingerprint density at radius 1 is 0.963 bits per heavy atom. The van der Waals surface area contributed by atoms with Gasteiger partial charge in [-0.2, -0.15) is 0 Å². The largest absolute Gasteiger partial charge is 0.486 e. The first kappa shape index (κ1) is 16.9. The molecule has 0 bridgehead atoms. The average molecular weight is 360 g/mol. The summed E-state index contributed by atoms with van der Waals surface area (Å²) in [5, 5.41) is 8.40. The normalized spacial score (nSPS) is 10.7. The van der Waals surface area contributed by atoms with E-state index in [4.69, 9.17) is 4.74 Å². The highest BCUT2D eigenvalue weighted by Gasteiger charge is 2.10. The van der Waals surface area contributed by atoms with Crippen molar-refractivity contribution < 1.29 is 9.13 Å². The summed E-state index contributed by atoms with van der Waals surface area (Å²) in [6, 6.07) is 18.1. The van der Waals surface area contributed by atoms with E-state index in [2.05, 4.69) is 15.2 Å². The van der Waals surface area contributed by atoms with Crippen LogP contribution < -0.4 is 4.74 Å². The SMILES string of the molecule is Cn1ccnc1-c1ccc(-c2ccc(OCc3ccccc3)c(F)c2)nn1. The van der Waals surface area contributed by atoms with Gasteiger partial charge < -0.3 is 9.30 Å². The first-order valence-electron chi connectivity index (χ1n) is 8.49. The van der Waals surface area contributed by atoms with Gasteiger partial charge in [-0.25, -0.2) is 9.37 Å². The van der Waals surface area contributed by atoms with Gasteiger partial charge in [0.15, 0.2) is 17.4 Å². The summed E-state index contributed by atoms with van der Waals surface area (Å²) in [5.41, 5.74) is 2.87. The van der Waals surface area contributed by atoms with E-state index in [1.807, 2.05) is 54.2 Å². The Balaban J connectivity index is 1.51. The van der Waals surface area contributed by atoms with E-state index in [1.165, 1.54) is 6.07 Å². The van der Waals surface area contributed by atoms with Gasteiger partial charge in [-0.1, -0.05) is 30.3 Å². The van der Waals surface area contributed by atoms with Crippen molar-refractivity contribution in [2.45, 2.75) is 6.61 Å². The second-order valence-corrected chi connectivity index (χ2v) is 6.09. The van der Waals surface area contributed by atoms with E-state index in [1.54, 1.807) is 24.4 Å². The number of hydrogen-bond acceptors (Lipinski definition) is 4. The van der Waals surface area contributed by atoms with Crippen LogP contribution in [0.5, 0.6) is 5.75 Å². The Bertz CT molecular complexity index is 1050. The highest BCUT2D eigenvalue weighted by Crippen LogP contribution is 2.25. The molecule has 0 aliphatic rings. The highest BCUT2D eigenvalue weighted by atomic mass is 19.1. The van der Waals surface area contributed by atoms with Gasteiger partial charge in [0.05, 0.1) is 5.69 Å². The summed E-state index contributed by atoms with van der Waals surface area (Å²) >= 11 is 0. The second kappa shape index (κ2) is 7.37. The Kier molecular flexibility index (Phi) is 4.61. The molecule has 0 saturated carbocycles. The van der Waals surface area contributed by atoms with Crippen molar-refractivity contribution in [1.82, 2.24) is 19.7 Å². The number of nitrogens with zero attached hydrogens (tertiary/aromatic N) is 4. The van der Waals surface area contributed by atoms with Gasteiger partial charge in [0.25, 0.3) is 0 Å². The minimum atomic E-state index is -0.432. The third-order valence-electron chi connectivity index (χ3n) is 4.18. The van der Waals surface area contributed by atoms with Crippen LogP contribution in [-0.4, -0.2) is 19.7 Å². The van der Waals surface area contributed by atoms with Gasteiger partial charge in [0.2, 0.25) is 0 Å². The number of rotatable bonds is 5. The molecule has 4 aromatic rings. The molecule has 2 heterocycles. The lowest BCUT2D eigenvalue weighted by atomic mass is 10.1. The molecule has 27 heavy (non-hydrogen) atoms. The maximum Gasteiger partial charge on any atom is 0.165 e. The summed E-state index contributed by atoms with van der Waals surface area (Å²) in [7, 11) is 1.89. The van der Waals surface area contributed by atoms with Crippen molar-refractivity contribution in [3.05, 3.63) is 84.4 Å². The van der Waals surface area contributed by atoms with Crippen molar-refractivity contribution in [3.8, 4) is 28.5 Å². The van der Waals surface area contributed by atoms with Crippen molar-refractivity contribution in [1.29, 1.82) is 0 Å². The number of hydrogen-bond donors (Lipinski definition) is 0. The molecule has 0 unspecified atom stereocenters. The molecule has 0 aliphatic heterocycles. The standard InChI is InChI=1S/C21H17FN4O/c1-26-12-11-23-21(26)19-9-8-18(24-25-19)16-7-10-20(17(22)13-16)27-14-15-5-3-2-4-6-15/h2-13H,14H2,1H3. The van der Waals surface area contributed by atoms with Crippen molar-refractivity contribution in [3.63, 3.8) is 0 Å². The minimum Gasteiger partial charge on any atom is -0.486 e. The molecule has 4 rings (SSSR count). The van der Waals surface area contributed by atoms with Crippen LogP contribution >= 0.6 is 0 Å². The fourth-order valence-corrected chi connectivity index (χ4v) is 2.73. The Hall–Kier alpha value is -3.54. The van der Waals surface area contributed by atoms with E-state index in [9.17, 15) is 4.39 Å². The highest BCUT2D eigenvalue weighted by molar-refractivity contribution is 5.62. The summed E-state index contributed by atoms with van der Waals surface area (Å²) in [6.45, 7) is 0.315. The number of imidazole rings is 1. The lowest BCUT2D eigenvalue weighted by Crippen LogP contribution is -1.98. The maximum absolute atomic E-state index is 14.4. The van der Waals surface area contributed by atoms with Gasteiger partial charge in [0.1, 0.15) is 12.3 Å². The Labute approximate surface area is 156 Å². The number of halogens is 1. The van der Waals surface area contributed by atoms with E-state index >= 15 is 0 Å². The van der Waals surface area contributed by atoms with Gasteiger partial charge in [0, 0.05) is 25.0 Å². The van der Waals surface area contributed by atoms with Gasteiger partial charge in [-0.15, -0.1) is 10.2 Å². The molecular weight excluding hydrogens is 343 g/mol. The predicted octanol–water partition coefficient (Wildman–Crippen LogP) is 4.26. The van der Waals surface area contributed by atoms with E-state index in [-0.39, 0.29) is 5.75 Å². The number of benzene rings is 2. The van der Waals surface area contributed by atoms with Crippen molar-refractivity contribution in [2.75, 3.05) is 0 Å². The Morgan fingerprint density at radius 2 is 1.74 bits per heavy atom. The summed E-state index contributed by atoms with van der Waals surface area (Å²) in [4.78, 5) is 4.24. The van der Waals surface area contributed by atoms with Crippen LogP contribution in [0.3, 0.4) is 0 Å². The zero-order chi connectivity index (χ0) is 18.6. The monoisotopic (exact) mass is 360 g/mol. The van der Waals surface area contributed by atoms with Crippen LogP contribution in [-0.2, 0) is 13.7 Å². The second-order valence-electron chi connectivity index (χ2n) is 6.09. The molecule has 0 N–H and O–H groups in total. The lowest BCUT2D eigenvalue weighted by molar-refractivity contribution is 0.290. The van der Waals surface area contributed by atoms with Crippen molar-refractivity contribution >= 4 is 0 Å². The van der Waals surface area contributed by atoms with Gasteiger partial charge in [-0.3, -0.25) is 0 Å². The molecule has 0 spiro atoms. The van der Waals surface area contributed by atoms with Crippen LogP contribution in [0.4, 0.5) is 4.39 Å². The molecule has 2 aromatic heterocycles. The molecule has 0 radical (unpaired) electrons. The average Bonchev–Trinajstić information content (AvgIpc) is 3.14. The third kappa shape index (κ3) is 3.69. The van der Waals surface area contributed by atoms with Crippen LogP contribution in [0.1, 0.15) is 5.56 Å². The molecule has 2 aromatic carbocycles.